The minimum Gasteiger partial charge on any atom is -0.387 e. The van der Waals surface area contributed by atoms with Crippen molar-refractivity contribution in [1.82, 2.24) is 0 Å². The molecule has 0 aliphatic heterocycles. The van der Waals surface area contributed by atoms with E-state index in [1.807, 2.05) is 32.0 Å². The van der Waals surface area contributed by atoms with E-state index in [9.17, 15) is 13.5 Å². The summed E-state index contributed by atoms with van der Waals surface area (Å²) < 4.78 is 22.5. The number of aliphatic hydroxyl groups excluding tert-OH is 1. The second kappa shape index (κ2) is 5.63. The zero-order valence-electron chi connectivity index (χ0n) is 12.4. The molecule has 1 N–H and O–H groups in total. The highest BCUT2D eigenvalue weighted by molar-refractivity contribution is 7.92. The molecule has 0 spiro atoms. The molecule has 0 heterocycles. The van der Waals surface area contributed by atoms with Crippen LogP contribution in [-0.4, -0.2) is 24.5 Å². The number of aryl methyl sites for hydroxylation is 2. The lowest BCUT2D eigenvalue weighted by molar-refractivity contribution is 0.138. The summed E-state index contributed by atoms with van der Waals surface area (Å²) >= 11 is 0. The Labute approximate surface area is 116 Å². The molecule has 19 heavy (non-hydrogen) atoms. The lowest BCUT2D eigenvalue weighted by Gasteiger charge is -2.30. The summed E-state index contributed by atoms with van der Waals surface area (Å²) in [5.41, 5.74) is 2.84. The predicted octanol–water partition coefficient (Wildman–Crippen LogP) is 2.67. The molecule has 1 atom stereocenters. The van der Waals surface area contributed by atoms with Crippen molar-refractivity contribution in [2.45, 2.75) is 51.4 Å². The lowest BCUT2D eigenvalue weighted by atomic mass is 9.91. The van der Waals surface area contributed by atoms with Crippen LogP contribution < -0.4 is 0 Å². The van der Waals surface area contributed by atoms with E-state index in [0.717, 1.165) is 29.5 Å². The predicted molar refractivity (Wildman–Crippen MR) is 79.1 cm³/mol. The van der Waals surface area contributed by atoms with Gasteiger partial charge < -0.3 is 5.11 Å². The van der Waals surface area contributed by atoms with E-state index in [1.165, 1.54) is 6.26 Å². The van der Waals surface area contributed by atoms with Crippen molar-refractivity contribution >= 4 is 9.84 Å². The molecular formula is C15H24O3S. The molecule has 4 heteroatoms. The Balaban J connectivity index is 3.36. The van der Waals surface area contributed by atoms with E-state index >= 15 is 0 Å². The lowest BCUT2D eigenvalue weighted by Crippen LogP contribution is -2.38. The molecule has 1 rings (SSSR count). The minimum atomic E-state index is -3.34. The van der Waals surface area contributed by atoms with E-state index < -0.39 is 20.7 Å². The first-order valence-electron chi connectivity index (χ1n) is 6.64. The summed E-state index contributed by atoms with van der Waals surface area (Å²) in [6, 6.07) is 5.94. The number of sulfone groups is 1. The van der Waals surface area contributed by atoms with Crippen LogP contribution in [0.4, 0.5) is 0 Å². The average molecular weight is 284 g/mol. The van der Waals surface area contributed by atoms with Crippen LogP contribution >= 0.6 is 0 Å². The van der Waals surface area contributed by atoms with E-state index in [1.54, 1.807) is 13.8 Å². The van der Waals surface area contributed by atoms with Crippen LogP contribution in [0.3, 0.4) is 0 Å². The maximum atomic E-state index is 11.9. The van der Waals surface area contributed by atoms with Crippen molar-refractivity contribution in [3.8, 4) is 0 Å². The second-order valence-corrected chi connectivity index (χ2v) is 8.11. The van der Waals surface area contributed by atoms with E-state index in [4.69, 9.17) is 0 Å². The first-order valence-corrected chi connectivity index (χ1v) is 8.53. The van der Waals surface area contributed by atoms with E-state index in [0.29, 0.717) is 0 Å². The van der Waals surface area contributed by atoms with Crippen molar-refractivity contribution in [2.24, 2.45) is 0 Å². The number of hydrogen-bond donors (Lipinski definition) is 1. The SMILES string of the molecule is CCc1ccc(CC)c(C(O)C(C)(C)S(C)(=O)=O)c1. The third kappa shape index (κ3) is 3.18. The van der Waals surface area contributed by atoms with Crippen molar-refractivity contribution in [3.05, 3.63) is 34.9 Å². The fraction of sp³-hybridized carbons (Fsp3) is 0.600. The molecule has 0 amide bonds. The number of hydrogen-bond acceptors (Lipinski definition) is 3. The Morgan fingerprint density at radius 2 is 1.79 bits per heavy atom. The van der Waals surface area contributed by atoms with E-state index in [-0.39, 0.29) is 0 Å². The third-order valence-electron chi connectivity index (χ3n) is 3.91. The number of rotatable bonds is 5. The Morgan fingerprint density at radius 1 is 1.21 bits per heavy atom. The summed E-state index contributed by atoms with van der Waals surface area (Å²) in [6.07, 6.45) is 1.80. The van der Waals surface area contributed by atoms with Crippen molar-refractivity contribution < 1.29 is 13.5 Å². The van der Waals surface area contributed by atoms with Gasteiger partial charge in [0.1, 0.15) is 0 Å². The monoisotopic (exact) mass is 284 g/mol. The van der Waals surface area contributed by atoms with Gasteiger partial charge in [0.25, 0.3) is 0 Å². The Hall–Kier alpha value is -0.870. The molecule has 0 aromatic heterocycles. The molecule has 1 unspecified atom stereocenters. The highest BCUT2D eigenvalue weighted by atomic mass is 32.2. The third-order valence-corrected chi connectivity index (χ3v) is 6.04. The van der Waals surface area contributed by atoms with Gasteiger partial charge in [-0.05, 0) is 43.4 Å². The minimum absolute atomic E-state index is 0.734. The smallest absolute Gasteiger partial charge is 0.155 e. The Kier molecular flexibility index (Phi) is 4.80. The second-order valence-electron chi connectivity index (χ2n) is 5.52. The topological polar surface area (TPSA) is 54.4 Å². The quantitative estimate of drug-likeness (QED) is 0.904. The molecule has 0 aliphatic carbocycles. The molecule has 0 bridgehead atoms. The van der Waals surface area contributed by atoms with Gasteiger partial charge in [0.05, 0.1) is 10.9 Å². The Bertz CT molecular complexity index is 545. The number of benzene rings is 1. The molecule has 0 radical (unpaired) electrons. The van der Waals surface area contributed by atoms with Gasteiger partial charge in [-0.2, -0.15) is 0 Å². The van der Waals surface area contributed by atoms with Crippen molar-refractivity contribution in [1.29, 1.82) is 0 Å². The zero-order chi connectivity index (χ0) is 14.8. The summed E-state index contributed by atoms with van der Waals surface area (Å²) in [5.74, 6) is 0. The van der Waals surface area contributed by atoms with Crippen LogP contribution in [0.25, 0.3) is 0 Å². The highest BCUT2D eigenvalue weighted by Gasteiger charge is 2.39. The molecule has 3 nitrogen and oxygen atoms in total. The highest BCUT2D eigenvalue weighted by Crippen LogP contribution is 2.34. The van der Waals surface area contributed by atoms with Crippen LogP contribution in [0, 0.1) is 0 Å². The molecule has 108 valence electrons. The summed E-state index contributed by atoms with van der Waals surface area (Å²) in [6.45, 7) is 7.19. The summed E-state index contributed by atoms with van der Waals surface area (Å²) in [5, 5.41) is 10.5. The first-order chi connectivity index (χ1) is 8.65. The van der Waals surface area contributed by atoms with Crippen LogP contribution in [-0.2, 0) is 22.7 Å². The van der Waals surface area contributed by atoms with Gasteiger partial charge in [0.2, 0.25) is 0 Å². The zero-order valence-corrected chi connectivity index (χ0v) is 13.2. The van der Waals surface area contributed by atoms with Crippen LogP contribution in [0.1, 0.15) is 50.5 Å². The van der Waals surface area contributed by atoms with Gasteiger partial charge >= 0.3 is 0 Å². The van der Waals surface area contributed by atoms with Crippen LogP contribution in [0.15, 0.2) is 18.2 Å². The number of aliphatic hydroxyl groups is 1. The molecule has 0 fully saturated rings. The van der Waals surface area contributed by atoms with Gasteiger partial charge in [-0.15, -0.1) is 0 Å². The van der Waals surface area contributed by atoms with Crippen molar-refractivity contribution in [2.75, 3.05) is 6.26 Å². The molecule has 0 aliphatic rings. The average Bonchev–Trinajstić information content (AvgIpc) is 2.35. The molecule has 0 saturated carbocycles. The normalized spacial score (nSPS) is 14.4. The summed E-state index contributed by atoms with van der Waals surface area (Å²) in [4.78, 5) is 0. The van der Waals surface area contributed by atoms with Crippen LogP contribution in [0.2, 0.25) is 0 Å². The fourth-order valence-electron chi connectivity index (χ4n) is 2.02. The van der Waals surface area contributed by atoms with Crippen molar-refractivity contribution in [3.63, 3.8) is 0 Å². The first kappa shape index (κ1) is 16.2. The van der Waals surface area contributed by atoms with Gasteiger partial charge in [0.15, 0.2) is 9.84 Å². The van der Waals surface area contributed by atoms with Gasteiger partial charge in [0, 0.05) is 6.26 Å². The molecule has 1 aromatic carbocycles. The maximum absolute atomic E-state index is 11.9. The fourth-order valence-corrected chi connectivity index (χ4v) is 2.55. The summed E-state index contributed by atoms with van der Waals surface area (Å²) in [7, 11) is -3.34. The van der Waals surface area contributed by atoms with Gasteiger partial charge in [-0.25, -0.2) is 8.42 Å². The molecule has 0 saturated heterocycles. The van der Waals surface area contributed by atoms with Gasteiger partial charge in [-0.3, -0.25) is 0 Å². The van der Waals surface area contributed by atoms with Crippen LogP contribution in [0.5, 0.6) is 0 Å². The Morgan fingerprint density at radius 3 is 2.21 bits per heavy atom. The standard InChI is InChI=1S/C15H24O3S/c1-6-11-8-9-12(7-2)13(10-11)14(16)15(3,4)19(5,17)18/h8-10,14,16H,6-7H2,1-5H3. The molecule has 1 aromatic rings. The van der Waals surface area contributed by atoms with Gasteiger partial charge in [-0.1, -0.05) is 32.0 Å². The largest absolute Gasteiger partial charge is 0.387 e. The maximum Gasteiger partial charge on any atom is 0.155 e. The van der Waals surface area contributed by atoms with E-state index in [2.05, 4.69) is 0 Å². The molecular weight excluding hydrogens is 260 g/mol.